The smallest absolute Gasteiger partial charge is 0.291 e. The SMILES string of the molecule is CN1C(c2cc(F)c(F)c(F)c2)C2=C([C@@H]3CCC[C@H](C2)N3)N1C(=O)c1ncnc2ccccc12. The summed E-state index contributed by atoms with van der Waals surface area (Å²) in [6, 6.07) is 8.88. The van der Waals surface area contributed by atoms with Crippen molar-refractivity contribution in [1.82, 2.24) is 25.3 Å². The van der Waals surface area contributed by atoms with Gasteiger partial charge in [-0.15, -0.1) is 0 Å². The Labute approximate surface area is 194 Å². The van der Waals surface area contributed by atoms with E-state index >= 15 is 0 Å². The molecule has 6 rings (SSSR count). The van der Waals surface area contributed by atoms with Gasteiger partial charge in [-0.1, -0.05) is 18.2 Å². The van der Waals surface area contributed by atoms with Crippen molar-refractivity contribution in [2.75, 3.05) is 7.05 Å². The lowest BCUT2D eigenvalue weighted by Crippen LogP contribution is -2.51. The predicted octanol–water partition coefficient (Wildman–Crippen LogP) is 4.26. The fourth-order valence-electron chi connectivity index (χ4n) is 5.71. The first-order valence-electron chi connectivity index (χ1n) is 11.3. The van der Waals surface area contributed by atoms with Crippen LogP contribution in [0.15, 0.2) is 54.0 Å². The zero-order chi connectivity index (χ0) is 23.6. The highest BCUT2D eigenvalue weighted by molar-refractivity contribution is 6.04. The van der Waals surface area contributed by atoms with Crippen molar-refractivity contribution in [2.45, 2.75) is 43.8 Å². The molecule has 1 aromatic heterocycles. The minimum absolute atomic E-state index is 0.0675. The second-order valence-corrected chi connectivity index (χ2v) is 9.09. The molecular weight excluding hydrogens is 443 g/mol. The lowest BCUT2D eigenvalue weighted by molar-refractivity contribution is 0.0206. The van der Waals surface area contributed by atoms with Gasteiger partial charge in [0.1, 0.15) is 12.0 Å². The third kappa shape index (κ3) is 3.14. The Bertz CT molecular complexity index is 1330. The molecular formula is C25H22F3N5O. The van der Waals surface area contributed by atoms with Gasteiger partial charge < -0.3 is 5.32 Å². The molecule has 3 aromatic rings. The van der Waals surface area contributed by atoms with Crippen LogP contribution in [0, 0.1) is 17.5 Å². The maximum atomic E-state index is 14.2. The second kappa shape index (κ2) is 7.89. The van der Waals surface area contributed by atoms with Gasteiger partial charge in [-0.2, -0.15) is 0 Å². The molecule has 4 heterocycles. The number of para-hydroxylation sites is 1. The summed E-state index contributed by atoms with van der Waals surface area (Å²) in [6.07, 6.45) is 4.84. The maximum Gasteiger partial charge on any atom is 0.291 e. The van der Waals surface area contributed by atoms with E-state index in [1.165, 1.54) is 6.33 Å². The predicted molar refractivity (Wildman–Crippen MR) is 119 cm³/mol. The number of fused-ring (bicyclic) bond motifs is 4. The lowest BCUT2D eigenvalue weighted by atomic mass is 9.81. The Kier molecular flexibility index (Phi) is 4.93. The number of hydrogen-bond acceptors (Lipinski definition) is 5. The molecule has 0 saturated carbocycles. The molecule has 1 fully saturated rings. The van der Waals surface area contributed by atoms with Gasteiger partial charge in [-0.25, -0.2) is 33.2 Å². The minimum Gasteiger partial charge on any atom is -0.306 e. The van der Waals surface area contributed by atoms with Gasteiger partial charge in [0.05, 0.1) is 17.3 Å². The third-order valence-electron chi connectivity index (χ3n) is 7.11. The van der Waals surface area contributed by atoms with E-state index < -0.39 is 23.5 Å². The van der Waals surface area contributed by atoms with Crippen LogP contribution in [-0.2, 0) is 0 Å². The van der Waals surface area contributed by atoms with E-state index in [2.05, 4.69) is 15.3 Å². The number of halogens is 3. The molecule has 0 spiro atoms. The summed E-state index contributed by atoms with van der Waals surface area (Å²) >= 11 is 0. The zero-order valence-electron chi connectivity index (χ0n) is 18.4. The van der Waals surface area contributed by atoms with E-state index in [1.54, 1.807) is 23.1 Å². The number of piperidine rings is 1. The van der Waals surface area contributed by atoms with Gasteiger partial charge in [-0.05, 0) is 55.0 Å². The highest BCUT2D eigenvalue weighted by Gasteiger charge is 2.48. The van der Waals surface area contributed by atoms with Crippen LogP contribution in [0.25, 0.3) is 10.9 Å². The van der Waals surface area contributed by atoms with Crippen LogP contribution in [0.3, 0.4) is 0 Å². The van der Waals surface area contributed by atoms with Gasteiger partial charge in [0.2, 0.25) is 0 Å². The molecule has 1 saturated heterocycles. The van der Waals surface area contributed by atoms with Crippen molar-refractivity contribution in [3.05, 3.63) is 82.7 Å². The average molecular weight is 465 g/mol. The van der Waals surface area contributed by atoms with Crippen LogP contribution in [0.5, 0.6) is 0 Å². The van der Waals surface area contributed by atoms with Crippen LogP contribution in [-0.4, -0.2) is 45.0 Å². The Balaban J connectivity index is 1.51. The van der Waals surface area contributed by atoms with Gasteiger partial charge >= 0.3 is 0 Å². The first-order valence-corrected chi connectivity index (χ1v) is 11.3. The number of benzene rings is 2. The van der Waals surface area contributed by atoms with Crippen LogP contribution >= 0.6 is 0 Å². The monoisotopic (exact) mass is 465 g/mol. The molecule has 34 heavy (non-hydrogen) atoms. The number of likely N-dealkylation sites (N-methyl/N-ethyl adjacent to an activating group) is 1. The van der Waals surface area contributed by atoms with Crippen molar-refractivity contribution in [2.24, 2.45) is 0 Å². The highest BCUT2D eigenvalue weighted by atomic mass is 19.2. The van der Waals surface area contributed by atoms with Gasteiger partial charge in [0.15, 0.2) is 17.5 Å². The van der Waals surface area contributed by atoms with Crippen molar-refractivity contribution >= 4 is 16.8 Å². The molecule has 2 aromatic carbocycles. The largest absolute Gasteiger partial charge is 0.306 e. The molecule has 3 aliphatic heterocycles. The molecule has 1 amide bonds. The summed E-state index contributed by atoms with van der Waals surface area (Å²) in [5.41, 5.74) is 2.89. The van der Waals surface area contributed by atoms with Gasteiger partial charge in [-0.3, -0.25) is 4.79 Å². The van der Waals surface area contributed by atoms with Crippen LogP contribution in [0.4, 0.5) is 13.2 Å². The average Bonchev–Trinajstić information content (AvgIpc) is 3.13. The normalized spacial score (nSPS) is 24.6. The van der Waals surface area contributed by atoms with Crippen molar-refractivity contribution in [3.8, 4) is 0 Å². The molecule has 3 atom stereocenters. The van der Waals surface area contributed by atoms with E-state index in [1.807, 2.05) is 18.2 Å². The van der Waals surface area contributed by atoms with Crippen molar-refractivity contribution in [1.29, 1.82) is 0 Å². The molecule has 174 valence electrons. The zero-order valence-corrected chi connectivity index (χ0v) is 18.4. The van der Waals surface area contributed by atoms with E-state index in [9.17, 15) is 18.0 Å². The molecule has 6 nitrogen and oxygen atoms in total. The lowest BCUT2D eigenvalue weighted by Gasteiger charge is -2.39. The van der Waals surface area contributed by atoms with Crippen molar-refractivity contribution < 1.29 is 18.0 Å². The number of aromatic nitrogens is 2. The molecule has 1 unspecified atom stereocenters. The van der Waals surface area contributed by atoms with Crippen LogP contribution in [0.2, 0.25) is 0 Å². The number of rotatable bonds is 2. The summed E-state index contributed by atoms with van der Waals surface area (Å²) in [6.45, 7) is 0. The second-order valence-electron chi connectivity index (χ2n) is 9.09. The van der Waals surface area contributed by atoms with Crippen LogP contribution in [0.1, 0.15) is 47.8 Å². The topological polar surface area (TPSA) is 61.4 Å². The number of hydrogen-bond donors (Lipinski definition) is 1. The fourth-order valence-corrected chi connectivity index (χ4v) is 5.71. The third-order valence-corrected chi connectivity index (χ3v) is 7.11. The number of carbonyl (C=O) groups is 1. The number of nitrogens with one attached hydrogen (secondary N) is 1. The number of amides is 1. The Morgan fingerprint density at radius 1 is 1.09 bits per heavy atom. The van der Waals surface area contributed by atoms with E-state index in [0.717, 1.165) is 42.7 Å². The van der Waals surface area contributed by atoms with E-state index in [-0.39, 0.29) is 29.2 Å². The van der Waals surface area contributed by atoms with E-state index in [4.69, 9.17) is 0 Å². The molecule has 1 N–H and O–H groups in total. The number of hydrazine groups is 1. The maximum absolute atomic E-state index is 14.2. The number of carbonyl (C=O) groups excluding carboxylic acids is 1. The summed E-state index contributed by atoms with van der Waals surface area (Å²) < 4.78 is 42.1. The summed E-state index contributed by atoms with van der Waals surface area (Å²) in [5.74, 6) is -4.33. The highest BCUT2D eigenvalue weighted by Crippen LogP contribution is 2.47. The van der Waals surface area contributed by atoms with Crippen LogP contribution < -0.4 is 5.32 Å². The van der Waals surface area contributed by atoms with E-state index in [0.29, 0.717) is 17.3 Å². The number of nitrogens with zero attached hydrogens (tertiary/aromatic N) is 4. The summed E-state index contributed by atoms with van der Waals surface area (Å²) in [4.78, 5) is 22.5. The Hall–Kier alpha value is -3.30. The molecule has 9 heteroatoms. The standard InChI is InChI=1S/C25H22F3N5O/c1-32-23(13-9-17(26)21(28)18(27)10-13)16-11-14-5-4-8-20(31-14)24(16)33(32)25(34)22-15-6-2-3-7-19(15)29-12-30-22/h2-3,6-7,9-10,12,14,20,23,31H,4-5,8,11H2,1H3/t14-,20+,23?/m1/s1. The van der Waals surface area contributed by atoms with Gasteiger partial charge in [0.25, 0.3) is 5.91 Å². The quantitative estimate of drug-likeness (QED) is 0.573. The van der Waals surface area contributed by atoms with Gasteiger partial charge in [0, 0.05) is 24.5 Å². The Morgan fingerprint density at radius 2 is 1.85 bits per heavy atom. The first-order chi connectivity index (χ1) is 16.4. The first kappa shape index (κ1) is 21.2. The summed E-state index contributed by atoms with van der Waals surface area (Å²) in [5, 5.41) is 7.50. The fraction of sp³-hybridized carbons (Fsp3) is 0.320. The minimum atomic E-state index is -1.50. The van der Waals surface area contributed by atoms with Crippen molar-refractivity contribution in [3.63, 3.8) is 0 Å². The molecule has 3 aliphatic rings. The molecule has 0 radical (unpaired) electrons. The Morgan fingerprint density at radius 3 is 2.65 bits per heavy atom. The molecule has 2 bridgehead atoms. The molecule has 0 aliphatic carbocycles. The summed E-state index contributed by atoms with van der Waals surface area (Å²) in [7, 11) is 1.72.